The molecule has 1 atom stereocenters. The van der Waals surface area contributed by atoms with Crippen molar-refractivity contribution in [1.29, 1.82) is 0 Å². The number of aliphatic hydroxyl groups excluding tert-OH is 1. The Bertz CT molecular complexity index is 945. The fourth-order valence-corrected chi connectivity index (χ4v) is 3.82. The van der Waals surface area contributed by atoms with Gasteiger partial charge in [0, 0.05) is 56.4 Å². The van der Waals surface area contributed by atoms with Crippen LogP contribution in [0.4, 0.5) is 5.69 Å². The summed E-state index contributed by atoms with van der Waals surface area (Å²) >= 11 is 0. The Hall–Kier alpha value is -3.16. The standard InChI is InChI=1S/C24H28N4O3/c1-30-21-9-7-19(8-10-21)22-5-2-3-6-23(22)28-15-13-27(14-16-28)17-20(29)18-31-24-25-11-4-12-26-24/h2-12,20,29H,13-18H2,1H3. The van der Waals surface area contributed by atoms with Crippen LogP contribution in [0.3, 0.4) is 0 Å². The molecule has 31 heavy (non-hydrogen) atoms. The quantitative estimate of drug-likeness (QED) is 0.601. The topological polar surface area (TPSA) is 71.0 Å². The molecule has 0 spiro atoms. The van der Waals surface area contributed by atoms with E-state index in [2.05, 4.69) is 56.2 Å². The van der Waals surface area contributed by atoms with Crippen molar-refractivity contribution in [2.75, 3.05) is 51.3 Å². The number of piperazine rings is 1. The lowest BCUT2D eigenvalue weighted by Gasteiger charge is -2.37. The monoisotopic (exact) mass is 420 g/mol. The maximum absolute atomic E-state index is 10.3. The van der Waals surface area contributed by atoms with E-state index in [0.29, 0.717) is 12.6 Å². The number of aromatic nitrogens is 2. The summed E-state index contributed by atoms with van der Waals surface area (Å²) in [4.78, 5) is 12.7. The number of hydrogen-bond acceptors (Lipinski definition) is 7. The van der Waals surface area contributed by atoms with E-state index in [9.17, 15) is 5.11 Å². The van der Waals surface area contributed by atoms with E-state index in [0.717, 1.165) is 31.9 Å². The molecule has 1 fully saturated rings. The van der Waals surface area contributed by atoms with Crippen molar-refractivity contribution in [1.82, 2.24) is 14.9 Å². The summed E-state index contributed by atoms with van der Waals surface area (Å²) in [6.07, 6.45) is 2.66. The van der Waals surface area contributed by atoms with Gasteiger partial charge in [0.2, 0.25) is 0 Å². The molecule has 1 aliphatic rings. The third kappa shape index (κ3) is 5.51. The molecule has 0 aliphatic carbocycles. The number of methoxy groups -OCH3 is 1. The fraction of sp³-hybridized carbons (Fsp3) is 0.333. The lowest BCUT2D eigenvalue weighted by molar-refractivity contribution is 0.0629. The Morgan fingerprint density at radius 1 is 0.935 bits per heavy atom. The molecule has 0 amide bonds. The third-order valence-corrected chi connectivity index (χ3v) is 5.43. The predicted octanol–water partition coefficient (Wildman–Crippen LogP) is 2.71. The lowest BCUT2D eigenvalue weighted by atomic mass is 10.0. The van der Waals surface area contributed by atoms with Crippen molar-refractivity contribution < 1.29 is 14.6 Å². The molecule has 2 heterocycles. The first kappa shape index (κ1) is 21.1. The van der Waals surface area contributed by atoms with Crippen molar-refractivity contribution in [3.05, 3.63) is 67.0 Å². The number of anilines is 1. The summed E-state index contributed by atoms with van der Waals surface area (Å²) < 4.78 is 10.7. The van der Waals surface area contributed by atoms with Crippen LogP contribution in [0.2, 0.25) is 0 Å². The molecule has 3 aromatic rings. The van der Waals surface area contributed by atoms with Crippen LogP contribution < -0.4 is 14.4 Å². The highest BCUT2D eigenvalue weighted by Gasteiger charge is 2.21. The minimum absolute atomic E-state index is 0.185. The lowest BCUT2D eigenvalue weighted by Crippen LogP contribution is -2.49. The van der Waals surface area contributed by atoms with E-state index in [4.69, 9.17) is 9.47 Å². The maximum Gasteiger partial charge on any atom is 0.316 e. The van der Waals surface area contributed by atoms with E-state index in [-0.39, 0.29) is 6.61 Å². The Morgan fingerprint density at radius 2 is 1.65 bits per heavy atom. The van der Waals surface area contributed by atoms with Gasteiger partial charge in [-0.05, 0) is 29.8 Å². The zero-order valence-corrected chi connectivity index (χ0v) is 17.7. The van der Waals surface area contributed by atoms with Gasteiger partial charge in [0.1, 0.15) is 18.5 Å². The van der Waals surface area contributed by atoms with E-state index in [1.54, 1.807) is 25.6 Å². The zero-order valence-electron chi connectivity index (χ0n) is 17.7. The summed E-state index contributed by atoms with van der Waals surface area (Å²) in [5.74, 6) is 0.858. The van der Waals surface area contributed by atoms with Gasteiger partial charge in [-0.15, -0.1) is 0 Å². The molecule has 1 N–H and O–H groups in total. The van der Waals surface area contributed by atoms with Gasteiger partial charge in [0.15, 0.2) is 0 Å². The Morgan fingerprint density at radius 3 is 2.35 bits per heavy atom. The van der Waals surface area contributed by atoms with E-state index < -0.39 is 6.10 Å². The average molecular weight is 421 g/mol. The Kier molecular flexibility index (Phi) is 6.96. The molecule has 0 saturated carbocycles. The highest BCUT2D eigenvalue weighted by atomic mass is 16.5. The minimum atomic E-state index is -0.582. The number of ether oxygens (including phenoxy) is 2. The smallest absolute Gasteiger partial charge is 0.316 e. The zero-order chi connectivity index (χ0) is 21.5. The first-order valence-corrected chi connectivity index (χ1v) is 10.5. The average Bonchev–Trinajstić information content (AvgIpc) is 2.84. The molecule has 1 unspecified atom stereocenters. The molecular weight excluding hydrogens is 392 g/mol. The van der Waals surface area contributed by atoms with Crippen LogP contribution in [0.5, 0.6) is 11.8 Å². The minimum Gasteiger partial charge on any atom is -0.497 e. The molecule has 7 nitrogen and oxygen atoms in total. The Balaban J connectivity index is 1.32. The first-order chi connectivity index (χ1) is 15.2. The molecule has 7 heteroatoms. The summed E-state index contributed by atoms with van der Waals surface area (Å²) in [5.41, 5.74) is 3.63. The van der Waals surface area contributed by atoms with Crippen LogP contribution in [0.25, 0.3) is 11.1 Å². The van der Waals surface area contributed by atoms with Gasteiger partial charge >= 0.3 is 6.01 Å². The van der Waals surface area contributed by atoms with E-state index in [1.807, 2.05) is 12.1 Å². The number of benzene rings is 2. The number of para-hydroxylation sites is 1. The number of hydrogen-bond donors (Lipinski definition) is 1. The van der Waals surface area contributed by atoms with Crippen LogP contribution in [0, 0.1) is 0 Å². The maximum atomic E-state index is 10.3. The normalized spacial score (nSPS) is 15.5. The summed E-state index contributed by atoms with van der Waals surface area (Å²) in [6, 6.07) is 18.7. The molecule has 1 aromatic heterocycles. The first-order valence-electron chi connectivity index (χ1n) is 10.5. The van der Waals surface area contributed by atoms with Crippen LogP contribution in [0.15, 0.2) is 67.0 Å². The number of nitrogens with zero attached hydrogens (tertiary/aromatic N) is 4. The predicted molar refractivity (Wildman–Crippen MR) is 121 cm³/mol. The number of β-amino-alcohol motifs (C(OH)–C–C–N with tert-alkyl or cyclic N) is 1. The molecule has 0 radical (unpaired) electrons. The van der Waals surface area contributed by atoms with Gasteiger partial charge in [-0.2, -0.15) is 0 Å². The van der Waals surface area contributed by atoms with Crippen LogP contribution in [0.1, 0.15) is 0 Å². The van der Waals surface area contributed by atoms with Crippen molar-refractivity contribution in [2.24, 2.45) is 0 Å². The fourth-order valence-electron chi connectivity index (χ4n) is 3.82. The Labute approximate surface area is 182 Å². The van der Waals surface area contributed by atoms with E-state index in [1.165, 1.54) is 16.8 Å². The van der Waals surface area contributed by atoms with Crippen molar-refractivity contribution in [3.63, 3.8) is 0 Å². The van der Waals surface area contributed by atoms with Crippen molar-refractivity contribution in [3.8, 4) is 22.9 Å². The molecule has 4 rings (SSSR count). The van der Waals surface area contributed by atoms with Crippen molar-refractivity contribution >= 4 is 5.69 Å². The van der Waals surface area contributed by atoms with E-state index >= 15 is 0 Å². The van der Waals surface area contributed by atoms with Gasteiger partial charge in [-0.3, -0.25) is 4.90 Å². The molecule has 0 bridgehead atoms. The number of aliphatic hydroxyl groups is 1. The molecule has 2 aromatic carbocycles. The largest absolute Gasteiger partial charge is 0.497 e. The van der Waals surface area contributed by atoms with Gasteiger partial charge in [-0.1, -0.05) is 30.3 Å². The van der Waals surface area contributed by atoms with Gasteiger partial charge in [0.05, 0.1) is 7.11 Å². The second kappa shape index (κ2) is 10.2. The van der Waals surface area contributed by atoms with Gasteiger partial charge < -0.3 is 19.5 Å². The van der Waals surface area contributed by atoms with Crippen LogP contribution in [-0.2, 0) is 0 Å². The van der Waals surface area contributed by atoms with Crippen molar-refractivity contribution in [2.45, 2.75) is 6.10 Å². The highest BCUT2D eigenvalue weighted by molar-refractivity contribution is 5.79. The second-order valence-electron chi connectivity index (χ2n) is 7.53. The van der Waals surface area contributed by atoms with Crippen LogP contribution >= 0.6 is 0 Å². The molecule has 1 saturated heterocycles. The second-order valence-corrected chi connectivity index (χ2v) is 7.53. The van der Waals surface area contributed by atoms with Gasteiger partial charge in [0.25, 0.3) is 0 Å². The summed E-state index contributed by atoms with van der Waals surface area (Å²) in [5, 5.41) is 10.3. The van der Waals surface area contributed by atoms with Crippen LogP contribution in [-0.4, -0.2) is 72.5 Å². The van der Waals surface area contributed by atoms with Gasteiger partial charge in [-0.25, -0.2) is 9.97 Å². The third-order valence-electron chi connectivity index (χ3n) is 5.43. The summed E-state index contributed by atoms with van der Waals surface area (Å²) in [6.45, 7) is 4.34. The molecule has 1 aliphatic heterocycles. The SMILES string of the molecule is COc1ccc(-c2ccccc2N2CCN(CC(O)COc3ncccn3)CC2)cc1. The molecule has 162 valence electrons. The highest BCUT2D eigenvalue weighted by Crippen LogP contribution is 2.32. The summed E-state index contributed by atoms with van der Waals surface area (Å²) in [7, 11) is 1.68. The number of rotatable bonds is 8. The molecular formula is C24H28N4O3.